The second-order valence-corrected chi connectivity index (χ2v) is 4.72. The normalized spacial score (nSPS) is 12.7. The minimum absolute atomic E-state index is 0.296. The Morgan fingerprint density at radius 3 is 2.40 bits per heavy atom. The summed E-state index contributed by atoms with van der Waals surface area (Å²) in [5.74, 6) is -3.74. The summed E-state index contributed by atoms with van der Waals surface area (Å²) in [6, 6.07) is 0.741. The van der Waals surface area contributed by atoms with Crippen LogP contribution in [0.2, 0.25) is 0 Å². The minimum atomic E-state index is -4.41. The Hall–Kier alpha value is -1.99. The maximum atomic E-state index is 13.6. The molecule has 0 fully saturated rings. The van der Waals surface area contributed by atoms with Gasteiger partial charge in [0.05, 0.1) is 5.69 Å². The molecule has 0 saturated heterocycles. The first-order valence-corrected chi connectivity index (χ1v) is 5.43. The van der Waals surface area contributed by atoms with Crippen LogP contribution in [-0.4, -0.2) is 18.3 Å². The van der Waals surface area contributed by atoms with E-state index in [1.807, 2.05) is 5.32 Å². The number of halogens is 4. The average molecular weight is 296 g/mol. The van der Waals surface area contributed by atoms with E-state index in [0.29, 0.717) is 12.1 Å². The number of alkyl halides is 2. The summed E-state index contributed by atoms with van der Waals surface area (Å²) >= 11 is 0. The molecule has 0 aliphatic rings. The van der Waals surface area contributed by atoms with Gasteiger partial charge in [-0.25, -0.2) is 13.6 Å². The lowest BCUT2D eigenvalue weighted by atomic mass is 10.2. The maximum absolute atomic E-state index is 13.6. The smallest absolute Gasteiger partial charge is 0.412 e. The van der Waals surface area contributed by atoms with Gasteiger partial charge in [-0.15, -0.1) is 0 Å². The number of hydrogen-bond donors (Lipinski definition) is 1. The number of carbonyl (C=O) groups excluding carboxylic acids is 1. The second kappa shape index (κ2) is 5.98. The molecule has 0 heterocycles. The third kappa shape index (κ3) is 4.94. The van der Waals surface area contributed by atoms with Gasteiger partial charge in [0.25, 0.3) is 0 Å². The predicted octanol–water partition coefficient (Wildman–Crippen LogP) is 3.91. The molecule has 1 aromatic rings. The summed E-state index contributed by atoms with van der Waals surface area (Å²) in [5, 5.41) is 1.93. The van der Waals surface area contributed by atoms with Crippen LogP contribution in [0.25, 0.3) is 0 Å². The monoisotopic (exact) mass is 296 g/mol. The van der Waals surface area contributed by atoms with Crippen molar-refractivity contribution in [2.45, 2.75) is 33.0 Å². The Morgan fingerprint density at radius 1 is 1.30 bits per heavy atom. The van der Waals surface area contributed by atoms with Crippen molar-refractivity contribution in [2.75, 3.05) is 5.32 Å². The summed E-state index contributed by atoms with van der Waals surface area (Å²) in [6.45, 7) is 0.289. The summed E-state index contributed by atoms with van der Waals surface area (Å²) in [5.41, 5.74) is -1.46. The van der Waals surface area contributed by atoms with E-state index in [1.54, 1.807) is 20.8 Å². The highest BCUT2D eigenvalue weighted by atomic mass is 19.3. The maximum Gasteiger partial charge on any atom is 0.412 e. The van der Waals surface area contributed by atoms with Crippen molar-refractivity contribution >= 4 is 11.8 Å². The van der Waals surface area contributed by atoms with Crippen molar-refractivity contribution in [1.82, 2.24) is 0 Å². The third-order valence-electron chi connectivity index (χ3n) is 1.84. The SMILES string of the molecule is [2H]C(F)(F)Oc1cc(F)c(NC(=O)OC(C)(C)C)cc1F. The Balaban J connectivity index is 2.92. The molecule has 0 aliphatic carbocycles. The van der Waals surface area contributed by atoms with Crippen LogP contribution in [0.1, 0.15) is 22.1 Å². The lowest BCUT2D eigenvalue weighted by Gasteiger charge is -2.20. The molecule has 0 aliphatic heterocycles. The molecular weight excluding hydrogens is 282 g/mol. The Labute approximate surface area is 114 Å². The van der Waals surface area contributed by atoms with Gasteiger partial charge in [-0.05, 0) is 20.8 Å². The fourth-order valence-electron chi connectivity index (χ4n) is 1.20. The van der Waals surface area contributed by atoms with Gasteiger partial charge in [-0.1, -0.05) is 0 Å². The molecule has 1 N–H and O–H groups in total. The van der Waals surface area contributed by atoms with Gasteiger partial charge in [0, 0.05) is 12.1 Å². The Bertz CT molecular complexity index is 541. The number of hydrogen-bond acceptors (Lipinski definition) is 3. The highest BCUT2D eigenvalue weighted by Crippen LogP contribution is 2.26. The fourth-order valence-corrected chi connectivity index (χ4v) is 1.20. The van der Waals surface area contributed by atoms with Gasteiger partial charge in [0.15, 0.2) is 18.8 Å². The molecule has 0 atom stereocenters. The molecule has 112 valence electrons. The zero-order valence-electron chi connectivity index (χ0n) is 11.9. The number of anilines is 1. The fraction of sp³-hybridized carbons (Fsp3) is 0.417. The van der Waals surface area contributed by atoms with E-state index >= 15 is 0 Å². The van der Waals surface area contributed by atoms with Gasteiger partial charge >= 0.3 is 12.7 Å². The third-order valence-corrected chi connectivity index (χ3v) is 1.84. The largest absolute Gasteiger partial charge is 0.444 e. The van der Waals surface area contributed by atoms with Crippen LogP contribution in [0.15, 0.2) is 12.1 Å². The standard InChI is InChI=1S/C12H13F4NO3/c1-12(2,3)20-11(18)17-8-4-7(14)9(5-6(8)13)19-10(15)16/h4-5,10H,1-3H3,(H,17,18)/i10D. The number of nitrogens with one attached hydrogen (secondary N) is 1. The van der Waals surface area contributed by atoms with Crippen molar-refractivity contribution in [3.63, 3.8) is 0 Å². The van der Waals surface area contributed by atoms with E-state index in [4.69, 9.17) is 6.11 Å². The molecule has 1 amide bonds. The minimum Gasteiger partial charge on any atom is -0.444 e. The number of carbonyl (C=O) groups is 1. The van der Waals surface area contributed by atoms with Crippen LogP contribution in [0.3, 0.4) is 0 Å². The van der Waals surface area contributed by atoms with E-state index in [2.05, 4.69) is 4.74 Å². The number of amides is 1. The molecule has 0 unspecified atom stereocenters. The zero-order valence-corrected chi connectivity index (χ0v) is 10.9. The molecule has 0 saturated carbocycles. The second-order valence-electron chi connectivity index (χ2n) is 4.72. The van der Waals surface area contributed by atoms with Gasteiger partial charge in [0.1, 0.15) is 5.60 Å². The van der Waals surface area contributed by atoms with Crippen LogP contribution in [0.5, 0.6) is 5.75 Å². The molecule has 0 radical (unpaired) electrons. The van der Waals surface area contributed by atoms with Crippen LogP contribution >= 0.6 is 0 Å². The summed E-state index contributed by atoms with van der Waals surface area (Å²) in [7, 11) is 0. The van der Waals surface area contributed by atoms with Gasteiger partial charge < -0.3 is 9.47 Å². The molecule has 1 rings (SSSR count). The van der Waals surface area contributed by atoms with Crippen molar-refractivity contribution in [1.29, 1.82) is 0 Å². The first kappa shape index (κ1) is 14.4. The number of ether oxygens (including phenoxy) is 2. The van der Waals surface area contributed by atoms with Crippen LogP contribution < -0.4 is 10.1 Å². The Kier molecular flexibility index (Phi) is 4.31. The molecular formula is C12H13F4NO3. The highest BCUT2D eigenvalue weighted by Gasteiger charge is 2.19. The van der Waals surface area contributed by atoms with Gasteiger partial charge in [-0.2, -0.15) is 8.78 Å². The van der Waals surface area contributed by atoms with E-state index in [0.717, 1.165) is 0 Å². The predicted molar refractivity (Wildman–Crippen MR) is 62.8 cm³/mol. The highest BCUT2D eigenvalue weighted by molar-refractivity contribution is 5.85. The summed E-state index contributed by atoms with van der Waals surface area (Å²) in [4.78, 5) is 11.4. The molecule has 1 aromatic carbocycles. The van der Waals surface area contributed by atoms with E-state index in [1.165, 1.54) is 0 Å². The van der Waals surface area contributed by atoms with Crippen LogP contribution in [0, 0.1) is 11.6 Å². The first-order chi connectivity index (χ1) is 9.37. The lowest BCUT2D eigenvalue weighted by molar-refractivity contribution is -0.0523. The zero-order chi connectivity index (χ0) is 16.4. The quantitative estimate of drug-likeness (QED) is 0.860. The summed E-state index contributed by atoms with van der Waals surface area (Å²) < 4.78 is 66.2. The Morgan fingerprint density at radius 2 is 1.90 bits per heavy atom. The topological polar surface area (TPSA) is 47.6 Å². The van der Waals surface area contributed by atoms with E-state index < -0.39 is 41.4 Å². The van der Waals surface area contributed by atoms with Gasteiger partial charge in [0.2, 0.25) is 0 Å². The molecule has 4 nitrogen and oxygen atoms in total. The summed E-state index contributed by atoms with van der Waals surface area (Å²) in [6.07, 6.45) is -1.04. The van der Waals surface area contributed by atoms with Crippen molar-refractivity contribution in [3.05, 3.63) is 23.8 Å². The van der Waals surface area contributed by atoms with E-state index in [9.17, 15) is 22.4 Å². The molecule has 20 heavy (non-hydrogen) atoms. The van der Waals surface area contributed by atoms with Crippen molar-refractivity contribution in [3.8, 4) is 5.75 Å². The van der Waals surface area contributed by atoms with Crippen molar-refractivity contribution in [2.24, 2.45) is 0 Å². The van der Waals surface area contributed by atoms with Gasteiger partial charge in [-0.3, -0.25) is 5.32 Å². The first-order valence-electron chi connectivity index (χ1n) is 5.93. The molecule has 0 aromatic heterocycles. The number of rotatable bonds is 3. The van der Waals surface area contributed by atoms with Crippen molar-refractivity contribution < 1.29 is 33.2 Å². The molecule has 0 spiro atoms. The average Bonchev–Trinajstić information content (AvgIpc) is 2.20. The molecule has 8 heteroatoms. The van der Waals surface area contributed by atoms with E-state index in [-0.39, 0.29) is 0 Å². The lowest BCUT2D eigenvalue weighted by Crippen LogP contribution is -2.27. The molecule has 0 bridgehead atoms. The van der Waals surface area contributed by atoms with Crippen LogP contribution in [0.4, 0.5) is 28.0 Å². The number of benzene rings is 1. The van der Waals surface area contributed by atoms with Crippen LogP contribution in [-0.2, 0) is 4.74 Å².